The maximum atomic E-state index is 4.36. The molecule has 100 valence electrons. The lowest BCUT2D eigenvalue weighted by Crippen LogP contribution is -1.98. The van der Waals surface area contributed by atoms with E-state index in [2.05, 4.69) is 54.3 Å². The summed E-state index contributed by atoms with van der Waals surface area (Å²) in [4.78, 5) is 8.56. The van der Waals surface area contributed by atoms with Gasteiger partial charge in [0.2, 0.25) is 0 Å². The first-order valence-electron chi connectivity index (χ1n) is 6.29. The highest BCUT2D eigenvalue weighted by Gasteiger charge is 2.06. The van der Waals surface area contributed by atoms with E-state index in [0.717, 1.165) is 22.2 Å². The molecule has 0 spiro atoms. The molecule has 0 aliphatic carbocycles. The van der Waals surface area contributed by atoms with Crippen LogP contribution in [0.3, 0.4) is 0 Å². The second-order valence-corrected chi connectivity index (χ2v) is 5.65. The van der Waals surface area contributed by atoms with E-state index in [1.165, 1.54) is 16.7 Å². The number of hydrogen-bond donors (Lipinski definition) is 1. The quantitative estimate of drug-likeness (QED) is 0.680. The fraction of sp³-hybridized carbons (Fsp3) is 0.333. The summed E-state index contributed by atoms with van der Waals surface area (Å²) < 4.78 is 0. The Bertz CT molecular complexity index is 561. The number of hydrogen-bond acceptors (Lipinski definition) is 4. The first kappa shape index (κ1) is 13.9. The Kier molecular flexibility index (Phi) is 4.43. The van der Waals surface area contributed by atoms with Crippen molar-refractivity contribution >= 4 is 17.6 Å². The van der Waals surface area contributed by atoms with Crippen LogP contribution in [0.25, 0.3) is 0 Å². The number of aryl methyl sites for hydroxylation is 2. The van der Waals surface area contributed by atoms with E-state index in [4.69, 9.17) is 0 Å². The molecular formula is C15H19N3S. The van der Waals surface area contributed by atoms with Gasteiger partial charge >= 0.3 is 0 Å². The lowest BCUT2D eigenvalue weighted by atomic mass is 10.1. The van der Waals surface area contributed by atoms with Gasteiger partial charge in [0, 0.05) is 18.4 Å². The third kappa shape index (κ3) is 3.47. The molecular weight excluding hydrogens is 254 g/mol. The standard InChI is InChI=1S/C15H19N3S/c1-10-5-11(2)7-13(6-10)8-19-15-12(3)14(16-4)17-9-18-15/h5-7,9H,8H2,1-4H3,(H,16,17,18). The molecule has 0 radical (unpaired) electrons. The zero-order valence-electron chi connectivity index (χ0n) is 11.8. The second-order valence-electron chi connectivity index (χ2n) is 4.69. The number of anilines is 1. The SMILES string of the molecule is CNc1ncnc(SCc2cc(C)cc(C)c2)c1C. The van der Waals surface area contributed by atoms with Gasteiger partial charge in [-0.3, -0.25) is 0 Å². The minimum Gasteiger partial charge on any atom is -0.373 e. The molecule has 19 heavy (non-hydrogen) atoms. The van der Waals surface area contributed by atoms with Gasteiger partial charge in [0.25, 0.3) is 0 Å². The first-order valence-corrected chi connectivity index (χ1v) is 7.28. The Hall–Kier alpha value is -1.55. The molecule has 0 saturated carbocycles. The number of benzene rings is 1. The van der Waals surface area contributed by atoms with Crippen molar-refractivity contribution in [2.75, 3.05) is 12.4 Å². The minimum absolute atomic E-state index is 0.901. The second kappa shape index (κ2) is 6.06. The maximum Gasteiger partial charge on any atom is 0.133 e. The van der Waals surface area contributed by atoms with E-state index in [1.807, 2.05) is 7.05 Å². The van der Waals surface area contributed by atoms with Gasteiger partial charge in [0.05, 0.1) is 0 Å². The highest BCUT2D eigenvalue weighted by atomic mass is 32.2. The van der Waals surface area contributed by atoms with Crippen molar-refractivity contribution in [3.05, 3.63) is 46.8 Å². The monoisotopic (exact) mass is 273 g/mol. The first-order chi connectivity index (χ1) is 9.10. The lowest BCUT2D eigenvalue weighted by molar-refractivity contribution is 1.00. The van der Waals surface area contributed by atoms with Crippen LogP contribution in [0, 0.1) is 20.8 Å². The van der Waals surface area contributed by atoms with E-state index in [0.29, 0.717) is 0 Å². The molecule has 1 aromatic heterocycles. The maximum absolute atomic E-state index is 4.36. The van der Waals surface area contributed by atoms with Gasteiger partial charge in [-0.1, -0.05) is 29.3 Å². The van der Waals surface area contributed by atoms with Crippen LogP contribution < -0.4 is 5.32 Å². The lowest BCUT2D eigenvalue weighted by Gasteiger charge is -2.09. The summed E-state index contributed by atoms with van der Waals surface area (Å²) in [6, 6.07) is 6.66. The number of thioether (sulfide) groups is 1. The van der Waals surface area contributed by atoms with Crippen LogP contribution in [0.5, 0.6) is 0 Å². The predicted molar refractivity (Wildman–Crippen MR) is 81.8 cm³/mol. The molecule has 0 aliphatic rings. The third-order valence-corrected chi connectivity index (χ3v) is 4.09. The molecule has 1 aromatic carbocycles. The molecule has 0 saturated heterocycles. The molecule has 0 atom stereocenters. The van der Waals surface area contributed by atoms with E-state index in [9.17, 15) is 0 Å². The molecule has 3 nitrogen and oxygen atoms in total. The molecule has 0 fully saturated rings. The van der Waals surface area contributed by atoms with Crippen LogP contribution in [0.15, 0.2) is 29.6 Å². The Labute approximate surface area is 118 Å². The van der Waals surface area contributed by atoms with Gasteiger partial charge in [-0.2, -0.15) is 0 Å². The summed E-state index contributed by atoms with van der Waals surface area (Å²) in [5, 5.41) is 4.13. The highest BCUT2D eigenvalue weighted by Crippen LogP contribution is 2.27. The summed E-state index contributed by atoms with van der Waals surface area (Å²) in [5.74, 6) is 1.83. The van der Waals surface area contributed by atoms with Crippen LogP contribution in [0.4, 0.5) is 5.82 Å². The van der Waals surface area contributed by atoms with Gasteiger partial charge in [0.15, 0.2) is 0 Å². The molecule has 0 aliphatic heterocycles. The topological polar surface area (TPSA) is 37.8 Å². The van der Waals surface area contributed by atoms with Crippen LogP contribution in [-0.4, -0.2) is 17.0 Å². The molecule has 1 heterocycles. The molecule has 4 heteroatoms. The molecule has 2 aromatic rings. The Morgan fingerprint density at radius 3 is 2.37 bits per heavy atom. The average Bonchev–Trinajstić information content (AvgIpc) is 2.36. The molecule has 0 amide bonds. The zero-order valence-corrected chi connectivity index (χ0v) is 12.6. The van der Waals surface area contributed by atoms with E-state index in [1.54, 1.807) is 18.1 Å². The van der Waals surface area contributed by atoms with Crippen molar-refractivity contribution in [2.24, 2.45) is 0 Å². The predicted octanol–water partition coefficient (Wildman–Crippen LogP) is 3.74. The summed E-state index contributed by atoms with van der Waals surface area (Å²) in [5.41, 5.74) is 5.07. The summed E-state index contributed by atoms with van der Waals surface area (Å²) in [6.45, 7) is 6.32. The van der Waals surface area contributed by atoms with Crippen molar-refractivity contribution in [2.45, 2.75) is 31.6 Å². The number of aromatic nitrogens is 2. The van der Waals surface area contributed by atoms with Crippen LogP contribution in [0.2, 0.25) is 0 Å². The number of rotatable bonds is 4. The van der Waals surface area contributed by atoms with Crippen LogP contribution in [-0.2, 0) is 5.75 Å². The molecule has 0 bridgehead atoms. The summed E-state index contributed by atoms with van der Waals surface area (Å²) in [6.07, 6.45) is 1.61. The van der Waals surface area contributed by atoms with E-state index in [-0.39, 0.29) is 0 Å². The Morgan fingerprint density at radius 2 is 1.74 bits per heavy atom. The highest BCUT2D eigenvalue weighted by molar-refractivity contribution is 7.98. The summed E-state index contributed by atoms with van der Waals surface area (Å²) in [7, 11) is 1.88. The summed E-state index contributed by atoms with van der Waals surface area (Å²) >= 11 is 1.76. The van der Waals surface area contributed by atoms with Gasteiger partial charge in [-0.15, -0.1) is 11.8 Å². The van der Waals surface area contributed by atoms with Crippen molar-refractivity contribution in [3.8, 4) is 0 Å². The normalized spacial score (nSPS) is 10.5. The minimum atomic E-state index is 0.901. The van der Waals surface area contributed by atoms with Gasteiger partial charge < -0.3 is 5.32 Å². The fourth-order valence-electron chi connectivity index (χ4n) is 2.14. The van der Waals surface area contributed by atoms with Crippen molar-refractivity contribution in [1.29, 1.82) is 0 Å². The van der Waals surface area contributed by atoms with Crippen LogP contribution >= 0.6 is 11.8 Å². The van der Waals surface area contributed by atoms with Crippen LogP contribution in [0.1, 0.15) is 22.3 Å². The number of nitrogens with zero attached hydrogens (tertiary/aromatic N) is 2. The average molecular weight is 273 g/mol. The third-order valence-electron chi connectivity index (χ3n) is 2.93. The largest absolute Gasteiger partial charge is 0.373 e. The van der Waals surface area contributed by atoms with Gasteiger partial charge in [-0.25, -0.2) is 9.97 Å². The Morgan fingerprint density at radius 1 is 1.05 bits per heavy atom. The molecule has 2 rings (SSSR count). The van der Waals surface area contributed by atoms with E-state index < -0.39 is 0 Å². The molecule has 0 unspecified atom stereocenters. The molecule has 1 N–H and O–H groups in total. The van der Waals surface area contributed by atoms with Gasteiger partial charge in [0.1, 0.15) is 17.2 Å². The zero-order chi connectivity index (χ0) is 13.8. The smallest absolute Gasteiger partial charge is 0.133 e. The fourth-order valence-corrected chi connectivity index (χ4v) is 3.04. The van der Waals surface area contributed by atoms with E-state index >= 15 is 0 Å². The van der Waals surface area contributed by atoms with Crippen molar-refractivity contribution in [1.82, 2.24) is 9.97 Å². The van der Waals surface area contributed by atoms with Gasteiger partial charge in [-0.05, 0) is 26.3 Å². The van der Waals surface area contributed by atoms with Crippen molar-refractivity contribution < 1.29 is 0 Å². The van der Waals surface area contributed by atoms with Crippen molar-refractivity contribution in [3.63, 3.8) is 0 Å². The number of nitrogens with one attached hydrogen (secondary N) is 1. The Balaban J connectivity index is 2.14.